The average molecular weight is 589 g/mol. The Morgan fingerprint density at radius 1 is 0.489 bits per heavy atom. The van der Waals surface area contributed by atoms with Crippen LogP contribution in [-0.2, 0) is 0 Å². The number of rotatable bonds is 3. The van der Waals surface area contributed by atoms with Crippen molar-refractivity contribution in [2.24, 2.45) is 0 Å². The first kappa shape index (κ1) is 34.5. The Hall–Kier alpha value is -4.94. The minimum absolute atomic E-state index is 1.27. The van der Waals surface area contributed by atoms with E-state index in [-0.39, 0.29) is 0 Å². The molecule has 6 rings (SSSR count). The van der Waals surface area contributed by atoms with E-state index in [1.165, 1.54) is 66.4 Å². The highest BCUT2D eigenvalue weighted by Gasteiger charge is 2.11. The molecule has 0 aliphatic carbocycles. The second-order valence-corrected chi connectivity index (χ2v) is 11.7. The van der Waals surface area contributed by atoms with Gasteiger partial charge in [0.1, 0.15) is 0 Å². The van der Waals surface area contributed by atoms with Gasteiger partial charge in [0.25, 0.3) is 0 Å². The van der Waals surface area contributed by atoms with Crippen LogP contribution >= 0.6 is 0 Å². The fraction of sp³-hybridized carbons (Fsp3) is 0.156. The summed E-state index contributed by atoms with van der Waals surface area (Å²) in [5, 5.41) is 2.62. The summed E-state index contributed by atoms with van der Waals surface area (Å²) in [5.41, 5.74) is 13.1. The Balaban J connectivity index is 0.000000223. The van der Waals surface area contributed by atoms with Crippen LogP contribution in [0.4, 0.5) is 0 Å². The molecule has 0 aliphatic heterocycles. The van der Waals surface area contributed by atoms with Crippen LogP contribution in [0.5, 0.6) is 0 Å². The van der Waals surface area contributed by atoms with Gasteiger partial charge in [-0.3, -0.25) is 0 Å². The molecule has 0 radical (unpaired) electrons. The zero-order valence-electron chi connectivity index (χ0n) is 28.1. The minimum atomic E-state index is 1.27. The minimum Gasteiger partial charge on any atom is -0.0991 e. The molecule has 0 bridgehead atoms. The van der Waals surface area contributed by atoms with E-state index in [4.69, 9.17) is 0 Å². The lowest BCUT2D eigenvalue weighted by atomic mass is 9.89. The van der Waals surface area contributed by atoms with Crippen LogP contribution in [0.15, 0.2) is 164 Å². The topological polar surface area (TPSA) is 0 Å². The quantitative estimate of drug-likeness (QED) is 0.180. The Kier molecular flexibility index (Phi) is 13.8. The van der Waals surface area contributed by atoms with Gasteiger partial charge in [-0.25, -0.2) is 0 Å². The van der Waals surface area contributed by atoms with Crippen LogP contribution in [0.1, 0.15) is 41.7 Å². The summed E-state index contributed by atoms with van der Waals surface area (Å²) in [4.78, 5) is 0. The number of fused-ring (bicyclic) bond motifs is 1. The van der Waals surface area contributed by atoms with Gasteiger partial charge in [-0.2, -0.15) is 0 Å². The summed E-state index contributed by atoms with van der Waals surface area (Å²) in [5.74, 6) is 0. The van der Waals surface area contributed by atoms with Gasteiger partial charge in [-0.15, -0.1) is 0 Å². The summed E-state index contributed by atoms with van der Waals surface area (Å²) < 4.78 is 0. The van der Waals surface area contributed by atoms with Crippen molar-refractivity contribution in [1.29, 1.82) is 0 Å². The summed E-state index contributed by atoms with van der Waals surface area (Å²) in [7, 11) is 0. The Morgan fingerprint density at radius 3 is 1.47 bits per heavy atom. The van der Waals surface area contributed by atoms with Gasteiger partial charge in [0.05, 0.1) is 0 Å². The Labute approximate surface area is 272 Å². The Bertz CT molecular complexity index is 1750. The van der Waals surface area contributed by atoms with E-state index in [0.717, 1.165) is 0 Å². The highest BCUT2D eigenvalue weighted by Crippen LogP contribution is 2.36. The number of benzene rings is 6. The van der Waals surface area contributed by atoms with Crippen molar-refractivity contribution in [2.45, 2.75) is 48.5 Å². The van der Waals surface area contributed by atoms with Crippen LogP contribution in [0.3, 0.4) is 0 Å². The van der Waals surface area contributed by atoms with Crippen LogP contribution in [0.25, 0.3) is 33.0 Å². The standard InChI is InChI=1S/C25H22.2C7H8.C6H10/c1-17-8-12-20(13-9-17)22-15-10-18(2)24(16-22)25-19(3)11-14-21-6-4-5-7-23(21)25;2*1-7-5-3-2-4-6-7;1-4-5-6(2)3/h4-16H,1-3H3;2*2-6H,1H3;4-5H,1H2,2-3H3. The molecule has 0 unspecified atom stereocenters. The molecule has 228 valence electrons. The van der Waals surface area contributed by atoms with E-state index >= 15 is 0 Å². The lowest BCUT2D eigenvalue weighted by Gasteiger charge is -2.15. The third-order valence-corrected chi connectivity index (χ3v) is 7.36. The molecule has 0 aliphatic rings. The summed E-state index contributed by atoms with van der Waals surface area (Å²) in [6.45, 7) is 18.3. The zero-order chi connectivity index (χ0) is 32.6. The average Bonchev–Trinajstić information content (AvgIpc) is 3.04. The maximum atomic E-state index is 3.52. The summed E-state index contributed by atoms with van der Waals surface area (Å²) in [6, 6.07) is 49.2. The Morgan fingerprint density at radius 2 is 0.978 bits per heavy atom. The second-order valence-electron chi connectivity index (χ2n) is 11.7. The van der Waals surface area contributed by atoms with E-state index in [1.807, 2.05) is 56.3 Å². The highest BCUT2D eigenvalue weighted by atomic mass is 14.1. The van der Waals surface area contributed by atoms with Crippen molar-refractivity contribution < 1.29 is 0 Å². The van der Waals surface area contributed by atoms with Gasteiger partial charge in [0, 0.05) is 0 Å². The SMILES string of the molecule is C=CC=C(C)C.Cc1ccc(-c2ccc(C)c(-c3c(C)ccc4ccccc34)c2)cc1.Cc1ccccc1.Cc1ccccc1. The van der Waals surface area contributed by atoms with E-state index in [0.29, 0.717) is 0 Å². The largest absolute Gasteiger partial charge is 0.0991 e. The van der Waals surface area contributed by atoms with Gasteiger partial charge in [0.2, 0.25) is 0 Å². The van der Waals surface area contributed by atoms with E-state index in [2.05, 4.69) is 144 Å². The van der Waals surface area contributed by atoms with Crippen LogP contribution < -0.4 is 0 Å². The molecule has 0 saturated carbocycles. The van der Waals surface area contributed by atoms with E-state index in [1.54, 1.807) is 6.08 Å². The van der Waals surface area contributed by atoms with Gasteiger partial charge in [0.15, 0.2) is 0 Å². The predicted molar refractivity (Wildman–Crippen MR) is 201 cm³/mol. The molecule has 0 nitrogen and oxygen atoms in total. The first-order chi connectivity index (χ1) is 21.7. The van der Waals surface area contributed by atoms with Gasteiger partial charge < -0.3 is 0 Å². The first-order valence-corrected chi connectivity index (χ1v) is 15.6. The smallest absolute Gasteiger partial charge is 0.00732 e. The summed E-state index contributed by atoms with van der Waals surface area (Å²) >= 11 is 0. The molecule has 0 fully saturated rings. The maximum Gasteiger partial charge on any atom is -0.00732 e. The number of hydrogen-bond acceptors (Lipinski definition) is 0. The monoisotopic (exact) mass is 588 g/mol. The van der Waals surface area contributed by atoms with Crippen molar-refractivity contribution in [3.8, 4) is 22.3 Å². The maximum absolute atomic E-state index is 3.52. The lowest BCUT2D eigenvalue weighted by molar-refractivity contribution is 1.40. The molecular weight excluding hydrogens is 540 g/mol. The van der Waals surface area contributed by atoms with Crippen molar-refractivity contribution in [2.75, 3.05) is 0 Å². The molecule has 0 aromatic heterocycles. The molecule has 0 saturated heterocycles. The van der Waals surface area contributed by atoms with Crippen LogP contribution in [0.2, 0.25) is 0 Å². The predicted octanol–water partition coefficient (Wildman–Crippen LogP) is 13.2. The molecule has 45 heavy (non-hydrogen) atoms. The molecule has 0 spiro atoms. The van der Waals surface area contributed by atoms with Crippen molar-refractivity contribution in [3.63, 3.8) is 0 Å². The summed E-state index contributed by atoms with van der Waals surface area (Å²) in [6.07, 6.45) is 3.76. The third kappa shape index (κ3) is 11.2. The van der Waals surface area contributed by atoms with Crippen LogP contribution in [-0.4, -0.2) is 0 Å². The zero-order valence-corrected chi connectivity index (χ0v) is 28.1. The second kappa shape index (κ2) is 18.0. The molecule has 6 aromatic carbocycles. The fourth-order valence-corrected chi connectivity index (χ4v) is 4.86. The molecular formula is C45H48. The van der Waals surface area contributed by atoms with Crippen LogP contribution in [0, 0.1) is 34.6 Å². The first-order valence-electron chi connectivity index (χ1n) is 15.6. The third-order valence-electron chi connectivity index (χ3n) is 7.36. The molecule has 0 heterocycles. The molecule has 0 atom stereocenters. The highest BCUT2D eigenvalue weighted by molar-refractivity contribution is 5.99. The van der Waals surface area contributed by atoms with Crippen molar-refractivity contribution >= 4 is 10.8 Å². The van der Waals surface area contributed by atoms with Gasteiger partial charge in [-0.1, -0.05) is 174 Å². The normalized spacial score (nSPS) is 9.76. The molecule has 0 amide bonds. The van der Waals surface area contributed by atoms with Crippen molar-refractivity contribution in [3.05, 3.63) is 192 Å². The number of hydrogen-bond donors (Lipinski definition) is 0. The van der Waals surface area contributed by atoms with Gasteiger partial charge in [-0.05, 0) is 98.7 Å². The number of allylic oxidation sites excluding steroid dienone is 3. The lowest BCUT2D eigenvalue weighted by Crippen LogP contribution is -1.91. The molecule has 0 heteroatoms. The van der Waals surface area contributed by atoms with E-state index < -0.39 is 0 Å². The van der Waals surface area contributed by atoms with Gasteiger partial charge >= 0.3 is 0 Å². The fourth-order valence-electron chi connectivity index (χ4n) is 4.86. The molecule has 0 N–H and O–H groups in total. The van der Waals surface area contributed by atoms with E-state index in [9.17, 15) is 0 Å². The number of aryl methyl sites for hydroxylation is 5. The van der Waals surface area contributed by atoms with Crippen molar-refractivity contribution in [1.82, 2.24) is 0 Å². The molecule has 6 aromatic rings.